The molecule has 0 aromatic heterocycles. The third-order valence-electron chi connectivity index (χ3n) is 1.36. The second-order valence-electron chi connectivity index (χ2n) is 2.54. The molecule has 0 bridgehead atoms. The van der Waals surface area contributed by atoms with Gasteiger partial charge in [-0.3, -0.25) is 4.79 Å². The molecular weight excluding hydrogens is 172 g/mol. The molecule has 3 N–H and O–H groups in total. The van der Waals surface area contributed by atoms with E-state index in [1.165, 1.54) is 0 Å². The maximum Gasteiger partial charge on any atom is 0.219 e. The van der Waals surface area contributed by atoms with Crippen molar-refractivity contribution >= 4 is 5.91 Å². The molecule has 0 atom stereocenters. The number of carbonyl (C=O) groups is 1. The van der Waals surface area contributed by atoms with Crippen LogP contribution in [0.2, 0.25) is 0 Å². The summed E-state index contributed by atoms with van der Waals surface area (Å²) < 4.78 is 10.3. The van der Waals surface area contributed by atoms with Gasteiger partial charge in [0.1, 0.15) is 0 Å². The van der Waals surface area contributed by atoms with Crippen molar-refractivity contribution in [3.05, 3.63) is 0 Å². The van der Waals surface area contributed by atoms with Crippen LogP contribution in [0.4, 0.5) is 0 Å². The van der Waals surface area contributed by atoms with Crippen LogP contribution < -0.4 is 11.1 Å². The Balaban J connectivity index is 2.87. The Bertz CT molecular complexity index is 131. The number of hydrogen-bond donors (Lipinski definition) is 2. The zero-order valence-corrected chi connectivity index (χ0v) is 8.04. The van der Waals surface area contributed by atoms with Crippen molar-refractivity contribution in [2.24, 2.45) is 5.73 Å². The van der Waals surface area contributed by atoms with Gasteiger partial charge in [0.15, 0.2) is 0 Å². The highest BCUT2D eigenvalue weighted by Crippen LogP contribution is 1.82. The van der Waals surface area contributed by atoms with Crippen molar-refractivity contribution in [1.29, 1.82) is 0 Å². The minimum Gasteiger partial charge on any atom is -0.379 e. The summed E-state index contributed by atoms with van der Waals surface area (Å²) in [5.74, 6) is -0.337. The number of rotatable bonds is 9. The second-order valence-corrected chi connectivity index (χ2v) is 2.54. The summed E-state index contributed by atoms with van der Waals surface area (Å²) in [5, 5.41) is 2.96. The van der Waals surface area contributed by atoms with Gasteiger partial charge in [0.25, 0.3) is 0 Å². The van der Waals surface area contributed by atoms with Gasteiger partial charge in [-0.05, 0) is 7.05 Å². The molecule has 0 spiro atoms. The van der Waals surface area contributed by atoms with Crippen LogP contribution in [-0.4, -0.2) is 45.9 Å². The lowest BCUT2D eigenvalue weighted by atomic mass is 10.4. The average Bonchev–Trinajstić information content (AvgIpc) is 2.09. The van der Waals surface area contributed by atoms with Gasteiger partial charge in [-0.2, -0.15) is 0 Å². The lowest BCUT2D eigenvalue weighted by Gasteiger charge is -2.04. The van der Waals surface area contributed by atoms with Crippen LogP contribution in [0.5, 0.6) is 0 Å². The topological polar surface area (TPSA) is 73.6 Å². The largest absolute Gasteiger partial charge is 0.379 e. The van der Waals surface area contributed by atoms with Gasteiger partial charge < -0.3 is 20.5 Å². The first-order valence-corrected chi connectivity index (χ1v) is 4.35. The Morgan fingerprint density at radius 2 is 1.85 bits per heavy atom. The van der Waals surface area contributed by atoms with E-state index in [1.807, 2.05) is 7.05 Å². The van der Waals surface area contributed by atoms with E-state index in [0.717, 1.165) is 6.54 Å². The van der Waals surface area contributed by atoms with Crippen molar-refractivity contribution in [3.8, 4) is 0 Å². The van der Waals surface area contributed by atoms with Crippen LogP contribution in [0.25, 0.3) is 0 Å². The molecule has 0 radical (unpaired) electrons. The molecule has 0 fully saturated rings. The average molecular weight is 190 g/mol. The molecule has 0 unspecified atom stereocenters. The molecule has 0 aromatic carbocycles. The number of nitrogens with two attached hydrogens (primary N) is 1. The molecule has 0 aromatic rings. The molecule has 0 saturated heterocycles. The lowest BCUT2D eigenvalue weighted by Crippen LogP contribution is -2.17. The smallest absolute Gasteiger partial charge is 0.219 e. The second kappa shape index (κ2) is 9.44. The van der Waals surface area contributed by atoms with Crippen LogP contribution in [0.15, 0.2) is 0 Å². The van der Waals surface area contributed by atoms with Gasteiger partial charge in [0.05, 0.1) is 26.4 Å². The number of ether oxygens (including phenoxy) is 2. The predicted octanol–water partition coefficient (Wildman–Crippen LogP) is -0.886. The first kappa shape index (κ1) is 12.3. The fourth-order valence-corrected chi connectivity index (χ4v) is 0.669. The van der Waals surface area contributed by atoms with Gasteiger partial charge in [-0.25, -0.2) is 0 Å². The minimum absolute atomic E-state index is 0.274. The molecule has 0 aliphatic rings. The normalized spacial score (nSPS) is 10.2. The maximum atomic E-state index is 10.3. The molecule has 1 amide bonds. The highest BCUT2D eigenvalue weighted by Gasteiger charge is 1.93. The third-order valence-corrected chi connectivity index (χ3v) is 1.36. The summed E-state index contributed by atoms with van der Waals surface area (Å²) in [6.07, 6.45) is 0.274. The summed E-state index contributed by atoms with van der Waals surface area (Å²) in [5.41, 5.74) is 4.91. The molecule has 78 valence electrons. The van der Waals surface area contributed by atoms with Gasteiger partial charge in [-0.15, -0.1) is 0 Å². The summed E-state index contributed by atoms with van der Waals surface area (Å²) >= 11 is 0. The first-order chi connectivity index (χ1) is 6.27. The Labute approximate surface area is 78.6 Å². The van der Waals surface area contributed by atoms with E-state index in [9.17, 15) is 4.79 Å². The van der Waals surface area contributed by atoms with E-state index >= 15 is 0 Å². The quantitative estimate of drug-likeness (QED) is 0.463. The van der Waals surface area contributed by atoms with E-state index in [0.29, 0.717) is 26.4 Å². The Kier molecular flexibility index (Phi) is 8.97. The van der Waals surface area contributed by atoms with E-state index < -0.39 is 0 Å². The van der Waals surface area contributed by atoms with Crippen molar-refractivity contribution in [2.75, 3.05) is 40.0 Å². The van der Waals surface area contributed by atoms with Crippen molar-refractivity contribution in [3.63, 3.8) is 0 Å². The molecule has 0 aliphatic heterocycles. The number of hydrogen-bond acceptors (Lipinski definition) is 4. The summed E-state index contributed by atoms with van der Waals surface area (Å²) in [6, 6.07) is 0. The molecule has 0 aliphatic carbocycles. The van der Waals surface area contributed by atoms with Crippen LogP contribution in [0, 0.1) is 0 Å². The zero-order chi connectivity index (χ0) is 9.94. The van der Waals surface area contributed by atoms with Crippen molar-refractivity contribution < 1.29 is 14.3 Å². The number of amides is 1. The first-order valence-electron chi connectivity index (χ1n) is 4.35. The number of likely N-dealkylation sites (N-methyl/N-ethyl adjacent to an activating group) is 1. The highest BCUT2D eigenvalue weighted by molar-refractivity contribution is 5.73. The van der Waals surface area contributed by atoms with Gasteiger partial charge in [0, 0.05) is 13.0 Å². The van der Waals surface area contributed by atoms with Crippen LogP contribution in [0.1, 0.15) is 6.42 Å². The number of primary amides is 1. The number of carbonyl (C=O) groups excluding carboxylic acids is 1. The fourth-order valence-electron chi connectivity index (χ4n) is 0.669. The molecule has 5 heteroatoms. The van der Waals surface area contributed by atoms with E-state index in [-0.39, 0.29) is 12.3 Å². The maximum absolute atomic E-state index is 10.3. The highest BCUT2D eigenvalue weighted by atomic mass is 16.5. The van der Waals surface area contributed by atoms with Crippen LogP contribution in [0.3, 0.4) is 0 Å². The fraction of sp³-hybridized carbons (Fsp3) is 0.875. The number of nitrogens with one attached hydrogen (secondary N) is 1. The molecule has 0 rings (SSSR count). The zero-order valence-electron chi connectivity index (χ0n) is 8.04. The van der Waals surface area contributed by atoms with Crippen molar-refractivity contribution in [2.45, 2.75) is 6.42 Å². The Hall–Kier alpha value is -0.650. The molecule has 13 heavy (non-hydrogen) atoms. The molecular formula is C8H18N2O3. The van der Waals surface area contributed by atoms with Crippen molar-refractivity contribution in [1.82, 2.24) is 5.32 Å². The van der Waals surface area contributed by atoms with Crippen LogP contribution >= 0.6 is 0 Å². The minimum atomic E-state index is -0.337. The standard InChI is InChI=1S/C8H18N2O3/c1-10-3-5-13-7-6-12-4-2-8(9)11/h10H,2-7H2,1H3,(H2,9,11). The van der Waals surface area contributed by atoms with Gasteiger partial charge >= 0.3 is 0 Å². The summed E-state index contributed by atoms with van der Waals surface area (Å²) in [4.78, 5) is 10.3. The Morgan fingerprint density at radius 1 is 1.23 bits per heavy atom. The molecule has 0 saturated carbocycles. The molecule has 5 nitrogen and oxygen atoms in total. The van der Waals surface area contributed by atoms with Gasteiger partial charge in [-0.1, -0.05) is 0 Å². The lowest BCUT2D eigenvalue weighted by molar-refractivity contribution is -0.119. The predicted molar refractivity (Wildman–Crippen MR) is 49.4 cm³/mol. The Morgan fingerprint density at radius 3 is 2.38 bits per heavy atom. The van der Waals surface area contributed by atoms with E-state index in [2.05, 4.69) is 5.32 Å². The van der Waals surface area contributed by atoms with Crippen LogP contribution in [-0.2, 0) is 14.3 Å². The van der Waals surface area contributed by atoms with E-state index in [1.54, 1.807) is 0 Å². The third kappa shape index (κ3) is 11.3. The molecule has 0 heterocycles. The summed E-state index contributed by atoms with van der Waals surface area (Å²) in [7, 11) is 1.87. The van der Waals surface area contributed by atoms with Gasteiger partial charge in [0.2, 0.25) is 5.91 Å². The van der Waals surface area contributed by atoms with E-state index in [4.69, 9.17) is 15.2 Å². The summed E-state index contributed by atoms with van der Waals surface area (Å²) in [6.45, 7) is 2.96. The SMILES string of the molecule is CNCCOCCOCCC(N)=O. The monoisotopic (exact) mass is 190 g/mol.